The summed E-state index contributed by atoms with van der Waals surface area (Å²) in [5.41, 5.74) is -1.83. The average Bonchev–Trinajstić information content (AvgIpc) is 1.97. The summed E-state index contributed by atoms with van der Waals surface area (Å²) in [7, 11) is 0. The molecule has 0 aliphatic heterocycles. The summed E-state index contributed by atoms with van der Waals surface area (Å²) in [5, 5.41) is 20.7. The molecular weight excluding hydrogens is 200 g/mol. The molecule has 0 heterocycles. The Balaban J connectivity index is 4.59. The van der Waals surface area contributed by atoms with Gasteiger partial charge in [-0.2, -0.15) is 0 Å². The fourth-order valence-electron chi connectivity index (χ4n) is 1.24. The topological polar surface area (TPSA) is 40.5 Å². The highest BCUT2D eigenvalue weighted by atomic mass is 16.3. The van der Waals surface area contributed by atoms with Crippen molar-refractivity contribution in [3.63, 3.8) is 0 Å². The Hall–Kier alpha value is -0.0800. The van der Waals surface area contributed by atoms with Gasteiger partial charge in [-0.05, 0) is 37.5 Å². The van der Waals surface area contributed by atoms with Crippen LogP contribution in [0.5, 0.6) is 0 Å². The molecule has 0 aliphatic rings. The minimum atomic E-state index is -0.748. The molecule has 2 heteroatoms. The third-order valence-electron chi connectivity index (χ3n) is 4.33. The first-order valence-electron chi connectivity index (χ1n) is 6.15. The Morgan fingerprint density at radius 2 is 0.750 bits per heavy atom. The maximum Gasteiger partial charge on any atom is 0.0668 e. The van der Waals surface area contributed by atoms with Gasteiger partial charge in [0.25, 0.3) is 0 Å². The highest BCUT2D eigenvalue weighted by Gasteiger charge is 2.40. The van der Waals surface area contributed by atoms with Crippen molar-refractivity contribution in [3.8, 4) is 0 Å². The van der Waals surface area contributed by atoms with Crippen LogP contribution in [0.25, 0.3) is 0 Å². The highest BCUT2D eigenvalue weighted by molar-refractivity contribution is 4.92. The van der Waals surface area contributed by atoms with Gasteiger partial charge < -0.3 is 10.2 Å². The molecule has 2 atom stereocenters. The molecule has 0 saturated carbocycles. The van der Waals surface area contributed by atoms with Crippen LogP contribution in [0.2, 0.25) is 0 Å². The maximum atomic E-state index is 10.4. The molecule has 98 valence electrons. The van der Waals surface area contributed by atoms with E-state index in [0.29, 0.717) is 12.8 Å². The van der Waals surface area contributed by atoms with Crippen LogP contribution in [-0.4, -0.2) is 21.4 Å². The smallest absolute Gasteiger partial charge is 0.0668 e. The van der Waals surface area contributed by atoms with Gasteiger partial charge in [-0.3, -0.25) is 0 Å². The van der Waals surface area contributed by atoms with Gasteiger partial charge >= 0.3 is 0 Å². The summed E-state index contributed by atoms with van der Waals surface area (Å²) in [6.45, 7) is 15.9. The van der Waals surface area contributed by atoms with Crippen molar-refractivity contribution in [2.24, 2.45) is 10.8 Å². The lowest BCUT2D eigenvalue weighted by molar-refractivity contribution is -0.0943. The molecule has 0 saturated heterocycles. The van der Waals surface area contributed by atoms with E-state index in [9.17, 15) is 10.2 Å². The summed E-state index contributed by atoms with van der Waals surface area (Å²) in [4.78, 5) is 0. The fourth-order valence-corrected chi connectivity index (χ4v) is 1.24. The van der Waals surface area contributed by atoms with E-state index in [1.165, 1.54) is 0 Å². The van der Waals surface area contributed by atoms with Crippen molar-refractivity contribution in [2.75, 3.05) is 0 Å². The Morgan fingerprint density at radius 1 is 0.562 bits per heavy atom. The Labute approximate surface area is 101 Å². The molecule has 0 rings (SSSR count). The molecule has 2 N–H and O–H groups in total. The molecule has 16 heavy (non-hydrogen) atoms. The predicted octanol–water partition coefficient (Wildman–Crippen LogP) is 3.36. The third-order valence-corrected chi connectivity index (χ3v) is 4.33. The lowest BCUT2D eigenvalue weighted by atomic mass is 9.69. The van der Waals surface area contributed by atoms with Gasteiger partial charge in [0.05, 0.1) is 11.2 Å². The molecule has 0 bridgehead atoms. The Morgan fingerprint density at radius 3 is 0.875 bits per heavy atom. The first-order chi connectivity index (χ1) is 6.71. The van der Waals surface area contributed by atoms with Gasteiger partial charge in [-0.1, -0.05) is 41.5 Å². The van der Waals surface area contributed by atoms with E-state index in [2.05, 4.69) is 0 Å². The van der Waals surface area contributed by atoms with Gasteiger partial charge in [0, 0.05) is 0 Å². The van der Waals surface area contributed by atoms with Gasteiger partial charge in [-0.15, -0.1) is 0 Å². The van der Waals surface area contributed by atoms with E-state index in [1.54, 1.807) is 0 Å². The molecule has 0 aromatic heterocycles. The van der Waals surface area contributed by atoms with Crippen LogP contribution < -0.4 is 0 Å². The van der Waals surface area contributed by atoms with Crippen LogP contribution in [0.15, 0.2) is 0 Å². The van der Waals surface area contributed by atoms with Crippen LogP contribution in [0.3, 0.4) is 0 Å². The third kappa shape index (κ3) is 3.74. The lowest BCUT2D eigenvalue weighted by Crippen LogP contribution is -2.45. The van der Waals surface area contributed by atoms with Crippen molar-refractivity contribution in [3.05, 3.63) is 0 Å². The lowest BCUT2D eigenvalue weighted by Gasteiger charge is -2.42. The molecule has 0 aromatic rings. The largest absolute Gasteiger partial charge is 0.390 e. The second-order valence-corrected chi connectivity index (χ2v) is 7.55. The minimum absolute atomic E-state index is 0.166. The van der Waals surface area contributed by atoms with Crippen molar-refractivity contribution in [1.29, 1.82) is 0 Å². The molecule has 0 aromatic carbocycles. The van der Waals surface area contributed by atoms with E-state index in [4.69, 9.17) is 0 Å². The summed E-state index contributed by atoms with van der Waals surface area (Å²) in [6.07, 6.45) is 1.22. The Kier molecular flexibility index (Phi) is 4.28. The zero-order valence-electron chi connectivity index (χ0n) is 12.3. The molecular formula is C14H30O2. The van der Waals surface area contributed by atoms with Crippen molar-refractivity contribution >= 4 is 0 Å². The number of hydrogen-bond donors (Lipinski definition) is 2. The van der Waals surface area contributed by atoms with Gasteiger partial charge in [-0.25, -0.2) is 0 Å². The molecule has 2 unspecified atom stereocenters. The van der Waals surface area contributed by atoms with Crippen molar-refractivity contribution < 1.29 is 10.2 Å². The van der Waals surface area contributed by atoms with E-state index >= 15 is 0 Å². The molecule has 2 nitrogen and oxygen atoms in total. The average molecular weight is 230 g/mol. The molecule has 0 radical (unpaired) electrons. The summed E-state index contributed by atoms with van der Waals surface area (Å²) in [5.74, 6) is 0. The monoisotopic (exact) mass is 230 g/mol. The zero-order valence-corrected chi connectivity index (χ0v) is 12.3. The van der Waals surface area contributed by atoms with E-state index < -0.39 is 11.2 Å². The summed E-state index contributed by atoms with van der Waals surface area (Å²) < 4.78 is 0. The molecule has 0 fully saturated rings. The first kappa shape index (κ1) is 15.9. The number of hydrogen-bond acceptors (Lipinski definition) is 2. The van der Waals surface area contributed by atoms with Crippen LogP contribution in [0.1, 0.15) is 68.2 Å². The van der Waals surface area contributed by atoms with Crippen molar-refractivity contribution in [1.82, 2.24) is 0 Å². The van der Waals surface area contributed by atoms with E-state index in [0.717, 1.165) is 0 Å². The summed E-state index contributed by atoms with van der Waals surface area (Å²) in [6, 6.07) is 0. The normalized spacial score (nSPS) is 21.4. The van der Waals surface area contributed by atoms with Gasteiger partial charge in [0.2, 0.25) is 0 Å². The quantitative estimate of drug-likeness (QED) is 0.780. The number of rotatable bonds is 3. The van der Waals surface area contributed by atoms with Crippen LogP contribution in [-0.2, 0) is 0 Å². The minimum Gasteiger partial charge on any atom is -0.390 e. The van der Waals surface area contributed by atoms with E-state index in [1.807, 2.05) is 55.4 Å². The van der Waals surface area contributed by atoms with Crippen LogP contribution in [0, 0.1) is 10.8 Å². The van der Waals surface area contributed by atoms with Crippen LogP contribution >= 0.6 is 0 Å². The Bertz CT molecular complexity index is 200. The van der Waals surface area contributed by atoms with Crippen molar-refractivity contribution in [2.45, 2.75) is 79.4 Å². The number of aliphatic hydroxyl groups is 2. The fraction of sp³-hybridized carbons (Fsp3) is 1.00. The first-order valence-corrected chi connectivity index (χ1v) is 6.15. The van der Waals surface area contributed by atoms with Gasteiger partial charge in [0.15, 0.2) is 0 Å². The van der Waals surface area contributed by atoms with Gasteiger partial charge in [0.1, 0.15) is 0 Å². The van der Waals surface area contributed by atoms with Crippen LogP contribution in [0.4, 0.5) is 0 Å². The van der Waals surface area contributed by atoms with E-state index in [-0.39, 0.29) is 10.8 Å². The molecule has 0 aliphatic carbocycles. The second-order valence-electron chi connectivity index (χ2n) is 7.55. The highest BCUT2D eigenvalue weighted by Crippen LogP contribution is 2.39. The SMILES string of the molecule is CC(C)(C)C(C)(O)CCC(C)(O)C(C)(C)C. The second kappa shape index (κ2) is 4.30. The summed E-state index contributed by atoms with van der Waals surface area (Å²) >= 11 is 0. The zero-order chi connectivity index (χ0) is 13.4. The maximum absolute atomic E-state index is 10.4. The standard InChI is InChI=1S/C14H30O2/c1-11(2,3)13(7,15)9-10-14(8,16)12(4,5)6/h15-16H,9-10H2,1-8H3. The molecule has 0 amide bonds. The predicted molar refractivity (Wildman–Crippen MR) is 69.4 cm³/mol. The molecule has 0 spiro atoms.